The van der Waals surface area contributed by atoms with Crippen LogP contribution in [0, 0.1) is 0 Å². The first-order chi connectivity index (χ1) is 14.5. The maximum Gasteiger partial charge on any atom is 0.184 e. The molecule has 6 nitrogen and oxygen atoms in total. The largest absolute Gasteiger partial charge is 0.394 e. The Balaban J connectivity index is 2.01. The summed E-state index contributed by atoms with van der Waals surface area (Å²) in [6, 6.07) is -1.08. The molecule has 0 unspecified atom stereocenters. The first kappa shape index (κ1) is 27.5. The summed E-state index contributed by atoms with van der Waals surface area (Å²) < 4.78 is 5.41. The van der Waals surface area contributed by atoms with Crippen LogP contribution in [0.3, 0.4) is 0 Å². The second-order valence-electron chi connectivity index (χ2n) is 8.88. The molecular weight excluding hydrogens is 382 g/mol. The molecule has 1 aliphatic rings. The van der Waals surface area contributed by atoms with Gasteiger partial charge in [0.2, 0.25) is 0 Å². The van der Waals surface area contributed by atoms with Crippen molar-refractivity contribution >= 4 is 0 Å². The Labute approximate surface area is 183 Å². The predicted molar refractivity (Wildman–Crippen MR) is 121 cm³/mol. The molecule has 0 aromatic rings. The minimum absolute atomic E-state index is 0.287. The Hall–Kier alpha value is -0.500. The van der Waals surface area contributed by atoms with E-state index in [-0.39, 0.29) is 6.42 Å². The SMILES string of the molecule is CCCCCCCC/C=C\CCCCCCCC[C@@]1(O)O[C@H](CO)[C@@H](O)[C@H](O)[C@H]1N. The number of aliphatic hydroxyl groups is 4. The van der Waals surface area contributed by atoms with Gasteiger partial charge in [-0.3, -0.25) is 0 Å². The van der Waals surface area contributed by atoms with Crippen molar-refractivity contribution in [2.45, 2.75) is 133 Å². The summed E-state index contributed by atoms with van der Waals surface area (Å²) in [5.41, 5.74) is 5.86. The summed E-state index contributed by atoms with van der Waals surface area (Å²) in [4.78, 5) is 0. The molecule has 0 radical (unpaired) electrons. The molecule has 0 aliphatic carbocycles. The zero-order chi connectivity index (χ0) is 22.2. The second kappa shape index (κ2) is 16.2. The van der Waals surface area contributed by atoms with Gasteiger partial charge < -0.3 is 30.9 Å². The Bertz CT molecular complexity index is 445. The van der Waals surface area contributed by atoms with E-state index in [1.54, 1.807) is 0 Å². The highest BCUT2D eigenvalue weighted by atomic mass is 16.6. The first-order valence-electron chi connectivity index (χ1n) is 12.2. The van der Waals surface area contributed by atoms with E-state index in [0.717, 1.165) is 32.1 Å². The van der Waals surface area contributed by atoms with Crippen LogP contribution in [0.25, 0.3) is 0 Å². The molecule has 6 heteroatoms. The van der Waals surface area contributed by atoms with Gasteiger partial charge in [0, 0.05) is 6.42 Å². The minimum atomic E-state index is -1.70. The fourth-order valence-electron chi connectivity index (χ4n) is 4.11. The first-order valence-corrected chi connectivity index (χ1v) is 12.2. The third-order valence-electron chi connectivity index (χ3n) is 6.20. The van der Waals surface area contributed by atoms with Gasteiger partial charge in [0.1, 0.15) is 18.3 Å². The zero-order valence-electron chi connectivity index (χ0n) is 19.1. The molecule has 0 aromatic carbocycles. The Kier molecular flexibility index (Phi) is 14.8. The van der Waals surface area contributed by atoms with Gasteiger partial charge >= 0.3 is 0 Å². The van der Waals surface area contributed by atoms with E-state index in [1.807, 2.05) is 0 Å². The normalized spacial score (nSPS) is 29.7. The van der Waals surface area contributed by atoms with Crippen LogP contribution < -0.4 is 5.73 Å². The number of aliphatic hydroxyl groups excluding tert-OH is 3. The second-order valence-corrected chi connectivity index (χ2v) is 8.88. The van der Waals surface area contributed by atoms with Crippen molar-refractivity contribution in [2.24, 2.45) is 5.73 Å². The van der Waals surface area contributed by atoms with Gasteiger partial charge in [0.05, 0.1) is 12.6 Å². The Morgan fingerprint density at radius 1 is 0.800 bits per heavy atom. The molecule has 0 amide bonds. The number of allylic oxidation sites excluding steroid dienone is 2. The van der Waals surface area contributed by atoms with Crippen LogP contribution in [-0.2, 0) is 4.74 Å². The van der Waals surface area contributed by atoms with E-state index in [1.165, 1.54) is 57.8 Å². The summed E-state index contributed by atoms with van der Waals surface area (Å²) in [6.45, 7) is 1.78. The number of unbranched alkanes of at least 4 members (excludes halogenated alkanes) is 12. The lowest BCUT2D eigenvalue weighted by Crippen LogP contribution is -2.68. The molecule has 0 aromatic heterocycles. The van der Waals surface area contributed by atoms with E-state index >= 15 is 0 Å². The lowest BCUT2D eigenvalue weighted by molar-refractivity contribution is -0.316. The molecule has 0 saturated carbocycles. The molecule has 1 fully saturated rings. The monoisotopic (exact) mass is 429 g/mol. The maximum atomic E-state index is 10.6. The van der Waals surface area contributed by atoms with Crippen LogP contribution >= 0.6 is 0 Å². The van der Waals surface area contributed by atoms with Crippen molar-refractivity contribution in [1.29, 1.82) is 0 Å². The minimum Gasteiger partial charge on any atom is -0.394 e. The Morgan fingerprint density at radius 2 is 1.30 bits per heavy atom. The van der Waals surface area contributed by atoms with Gasteiger partial charge in [-0.1, -0.05) is 76.9 Å². The molecule has 0 spiro atoms. The van der Waals surface area contributed by atoms with E-state index in [0.29, 0.717) is 0 Å². The molecule has 1 rings (SSSR count). The Morgan fingerprint density at radius 3 is 1.83 bits per heavy atom. The number of hydrogen-bond acceptors (Lipinski definition) is 6. The van der Waals surface area contributed by atoms with Crippen molar-refractivity contribution in [3.8, 4) is 0 Å². The summed E-state index contributed by atoms with van der Waals surface area (Å²) in [6.07, 6.45) is 18.2. The van der Waals surface area contributed by atoms with Crippen LogP contribution in [0.4, 0.5) is 0 Å². The van der Waals surface area contributed by atoms with E-state index in [2.05, 4.69) is 19.1 Å². The number of nitrogens with two attached hydrogens (primary N) is 1. The van der Waals surface area contributed by atoms with Crippen molar-refractivity contribution < 1.29 is 25.2 Å². The van der Waals surface area contributed by atoms with Crippen LogP contribution in [0.5, 0.6) is 0 Å². The van der Waals surface area contributed by atoms with Crippen molar-refractivity contribution in [1.82, 2.24) is 0 Å². The molecule has 0 bridgehead atoms. The molecule has 178 valence electrons. The smallest absolute Gasteiger partial charge is 0.184 e. The van der Waals surface area contributed by atoms with Crippen molar-refractivity contribution in [3.05, 3.63) is 12.2 Å². The van der Waals surface area contributed by atoms with Gasteiger partial charge in [-0.25, -0.2) is 0 Å². The van der Waals surface area contributed by atoms with Crippen LogP contribution in [-0.4, -0.2) is 57.2 Å². The van der Waals surface area contributed by atoms with Gasteiger partial charge in [-0.2, -0.15) is 0 Å². The third-order valence-corrected chi connectivity index (χ3v) is 6.20. The molecular formula is C24H47NO5. The third kappa shape index (κ3) is 10.2. The highest BCUT2D eigenvalue weighted by Crippen LogP contribution is 2.31. The van der Waals surface area contributed by atoms with E-state index < -0.39 is 36.7 Å². The predicted octanol–water partition coefficient (Wildman–Crippen LogP) is 3.54. The molecule has 30 heavy (non-hydrogen) atoms. The number of rotatable bonds is 17. The topological polar surface area (TPSA) is 116 Å². The van der Waals surface area contributed by atoms with Crippen LogP contribution in [0.15, 0.2) is 12.2 Å². The summed E-state index contributed by atoms with van der Waals surface area (Å²) in [5.74, 6) is -1.70. The molecule has 1 heterocycles. The molecule has 6 N–H and O–H groups in total. The standard InChI is InChI=1S/C24H47NO5/c1-2-3-4-5-6-7-8-9-10-11-12-13-14-15-16-17-18-24(29)23(25)22(28)21(27)20(19-26)30-24/h9-10,20-23,26-29H,2-8,11-19,25H2,1H3/b10-9-/t20-,21-,22+,23-,24-/m1/s1. The van der Waals surface area contributed by atoms with Crippen LogP contribution in [0.2, 0.25) is 0 Å². The van der Waals surface area contributed by atoms with E-state index in [9.17, 15) is 20.4 Å². The molecule has 5 atom stereocenters. The lowest BCUT2D eigenvalue weighted by atomic mass is 9.88. The highest BCUT2D eigenvalue weighted by Gasteiger charge is 2.50. The molecule has 1 saturated heterocycles. The zero-order valence-corrected chi connectivity index (χ0v) is 19.1. The fraction of sp³-hybridized carbons (Fsp3) is 0.917. The number of ether oxygens (including phenoxy) is 1. The average Bonchev–Trinajstić information content (AvgIpc) is 2.74. The number of hydrogen-bond donors (Lipinski definition) is 5. The quantitative estimate of drug-likeness (QED) is 0.178. The fourth-order valence-corrected chi connectivity index (χ4v) is 4.11. The summed E-state index contributed by atoms with van der Waals surface area (Å²) in [7, 11) is 0. The van der Waals surface area contributed by atoms with Crippen molar-refractivity contribution in [3.63, 3.8) is 0 Å². The molecule has 1 aliphatic heterocycles. The van der Waals surface area contributed by atoms with Gasteiger partial charge in [-0.15, -0.1) is 0 Å². The van der Waals surface area contributed by atoms with Gasteiger partial charge in [-0.05, 0) is 32.1 Å². The highest BCUT2D eigenvalue weighted by molar-refractivity contribution is 4.98. The van der Waals surface area contributed by atoms with Gasteiger partial charge in [0.25, 0.3) is 0 Å². The van der Waals surface area contributed by atoms with E-state index in [4.69, 9.17) is 10.5 Å². The van der Waals surface area contributed by atoms with Gasteiger partial charge in [0.15, 0.2) is 5.79 Å². The maximum absolute atomic E-state index is 10.6. The summed E-state index contributed by atoms with van der Waals surface area (Å²) in [5, 5.41) is 39.7. The average molecular weight is 430 g/mol. The lowest BCUT2D eigenvalue weighted by Gasteiger charge is -2.46. The van der Waals surface area contributed by atoms with Crippen molar-refractivity contribution in [2.75, 3.05) is 6.61 Å². The van der Waals surface area contributed by atoms with Crippen LogP contribution in [0.1, 0.15) is 103 Å². The summed E-state index contributed by atoms with van der Waals surface area (Å²) >= 11 is 0.